The van der Waals surface area contributed by atoms with Crippen molar-refractivity contribution in [3.63, 3.8) is 0 Å². The Balaban J connectivity index is 2.19. The van der Waals surface area contributed by atoms with E-state index in [0.717, 1.165) is 42.9 Å². The van der Waals surface area contributed by atoms with E-state index in [4.69, 9.17) is 0 Å². The van der Waals surface area contributed by atoms with Gasteiger partial charge >= 0.3 is 0 Å². The van der Waals surface area contributed by atoms with E-state index in [9.17, 15) is 0 Å². The van der Waals surface area contributed by atoms with Gasteiger partial charge < -0.3 is 15.1 Å². The zero-order valence-corrected chi connectivity index (χ0v) is 12.6. The van der Waals surface area contributed by atoms with E-state index in [1.54, 1.807) is 6.20 Å². The summed E-state index contributed by atoms with van der Waals surface area (Å²) in [6.45, 7) is 4.83. The molecule has 0 spiro atoms. The van der Waals surface area contributed by atoms with Gasteiger partial charge in [-0.15, -0.1) is 0 Å². The van der Waals surface area contributed by atoms with Crippen molar-refractivity contribution in [3.8, 4) is 0 Å². The second-order valence-electron chi connectivity index (χ2n) is 5.11. The quantitative estimate of drug-likeness (QED) is 0.791. The third-order valence-corrected chi connectivity index (χ3v) is 3.08. The monoisotopic (exact) mass is 277 g/mol. The Morgan fingerprint density at radius 1 is 1.20 bits per heavy atom. The van der Waals surface area contributed by atoms with Crippen LogP contribution in [-0.2, 0) is 0 Å². The summed E-state index contributed by atoms with van der Waals surface area (Å²) in [4.78, 5) is 13.3. The minimum atomic E-state index is 0.638. The molecule has 2 aromatic heterocycles. The summed E-state index contributed by atoms with van der Waals surface area (Å²) in [5.41, 5.74) is 0.769. The van der Waals surface area contributed by atoms with Gasteiger partial charge in [-0.25, -0.2) is 0 Å². The van der Waals surface area contributed by atoms with E-state index < -0.39 is 0 Å². The maximum Gasteiger partial charge on any atom is 0.226 e. The van der Waals surface area contributed by atoms with Crippen LogP contribution in [0.4, 0.5) is 11.8 Å². The minimum absolute atomic E-state index is 0.638. The number of aromatic amines is 1. The van der Waals surface area contributed by atoms with Gasteiger partial charge in [-0.05, 0) is 34.0 Å². The molecule has 0 saturated carbocycles. The van der Waals surface area contributed by atoms with Crippen molar-refractivity contribution >= 4 is 22.8 Å². The van der Waals surface area contributed by atoms with E-state index in [2.05, 4.69) is 56.4 Å². The van der Waals surface area contributed by atoms with Crippen LogP contribution in [0.5, 0.6) is 0 Å². The van der Waals surface area contributed by atoms with Crippen LogP contribution in [0.15, 0.2) is 6.20 Å². The highest BCUT2D eigenvalue weighted by Crippen LogP contribution is 2.22. The molecular weight excluding hydrogens is 254 g/mol. The normalized spacial score (nSPS) is 11.2. The number of H-pyrrole nitrogens is 1. The van der Waals surface area contributed by atoms with Crippen LogP contribution in [0.2, 0.25) is 0 Å². The highest BCUT2D eigenvalue weighted by molar-refractivity contribution is 5.87. The molecule has 0 bridgehead atoms. The maximum absolute atomic E-state index is 4.59. The fourth-order valence-electron chi connectivity index (χ4n) is 2.08. The van der Waals surface area contributed by atoms with Gasteiger partial charge in [0.1, 0.15) is 5.82 Å². The topological polar surface area (TPSA) is 73.0 Å². The van der Waals surface area contributed by atoms with Crippen LogP contribution < -0.4 is 10.2 Å². The van der Waals surface area contributed by atoms with Gasteiger partial charge in [0.15, 0.2) is 5.65 Å². The van der Waals surface area contributed by atoms with Gasteiger partial charge in [0, 0.05) is 20.1 Å². The van der Waals surface area contributed by atoms with Crippen LogP contribution in [0.25, 0.3) is 11.0 Å². The fraction of sp³-hybridized carbons (Fsp3) is 0.615. The second kappa shape index (κ2) is 6.51. The van der Waals surface area contributed by atoms with Gasteiger partial charge in [0.05, 0.1) is 11.6 Å². The largest absolute Gasteiger partial charge is 0.359 e. The van der Waals surface area contributed by atoms with Crippen molar-refractivity contribution in [2.24, 2.45) is 0 Å². The molecule has 7 heteroatoms. The second-order valence-corrected chi connectivity index (χ2v) is 5.11. The number of fused-ring (bicyclic) bond motifs is 1. The van der Waals surface area contributed by atoms with Crippen LogP contribution in [0, 0.1) is 0 Å². The fourth-order valence-corrected chi connectivity index (χ4v) is 2.08. The summed E-state index contributed by atoms with van der Waals surface area (Å²) in [7, 11) is 6.23. The molecule has 0 aromatic carbocycles. The van der Waals surface area contributed by atoms with E-state index in [1.807, 2.05) is 6.92 Å². The van der Waals surface area contributed by atoms with Crippen LogP contribution >= 0.6 is 0 Å². The lowest BCUT2D eigenvalue weighted by Gasteiger charge is -2.20. The van der Waals surface area contributed by atoms with Gasteiger partial charge in [0.2, 0.25) is 5.95 Å². The van der Waals surface area contributed by atoms with Crippen molar-refractivity contribution in [1.82, 2.24) is 25.1 Å². The Labute approximate surface area is 119 Å². The van der Waals surface area contributed by atoms with Crippen molar-refractivity contribution in [3.05, 3.63) is 6.20 Å². The highest BCUT2D eigenvalue weighted by atomic mass is 15.2. The molecule has 2 heterocycles. The lowest BCUT2D eigenvalue weighted by Crippen LogP contribution is -2.24. The Bertz CT molecular complexity index is 549. The predicted molar refractivity (Wildman–Crippen MR) is 82.3 cm³/mol. The minimum Gasteiger partial charge on any atom is -0.359 e. The third-order valence-electron chi connectivity index (χ3n) is 3.08. The zero-order valence-electron chi connectivity index (χ0n) is 12.6. The van der Waals surface area contributed by atoms with E-state index in [-0.39, 0.29) is 0 Å². The lowest BCUT2D eigenvalue weighted by molar-refractivity contribution is 0.401. The molecule has 0 radical (unpaired) electrons. The number of hydrogen-bond donors (Lipinski definition) is 2. The molecular formula is C13H23N7. The van der Waals surface area contributed by atoms with Gasteiger partial charge in [-0.2, -0.15) is 15.1 Å². The van der Waals surface area contributed by atoms with E-state index >= 15 is 0 Å². The standard InChI is InChI=1S/C13H23N7/c1-5-14-13-16-11-10(9-15-18-11)12(17-13)20(4)8-6-7-19(2)3/h9H,5-8H2,1-4H3,(H2,14,15,16,17,18). The summed E-state index contributed by atoms with van der Waals surface area (Å²) in [6.07, 6.45) is 2.87. The first kappa shape index (κ1) is 14.5. The first-order valence-electron chi connectivity index (χ1n) is 6.92. The van der Waals surface area contributed by atoms with E-state index in [1.165, 1.54) is 0 Å². The number of rotatable bonds is 7. The third kappa shape index (κ3) is 3.36. The number of anilines is 2. The molecule has 0 fully saturated rings. The summed E-state index contributed by atoms with van der Waals surface area (Å²) in [5, 5.41) is 11.1. The van der Waals surface area contributed by atoms with Crippen molar-refractivity contribution in [2.45, 2.75) is 13.3 Å². The first-order valence-corrected chi connectivity index (χ1v) is 6.92. The Kier molecular flexibility index (Phi) is 4.73. The van der Waals surface area contributed by atoms with Crippen molar-refractivity contribution in [1.29, 1.82) is 0 Å². The maximum atomic E-state index is 4.59. The molecule has 2 N–H and O–H groups in total. The Morgan fingerprint density at radius 3 is 2.70 bits per heavy atom. The molecule has 110 valence electrons. The summed E-state index contributed by atoms with van der Waals surface area (Å²) in [5.74, 6) is 1.55. The molecule has 20 heavy (non-hydrogen) atoms. The van der Waals surface area contributed by atoms with Crippen LogP contribution in [0.3, 0.4) is 0 Å². The average Bonchev–Trinajstić information content (AvgIpc) is 2.85. The predicted octanol–water partition coefficient (Wildman–Crippen LogP) is 1.17. The average molecular weight is 277 g/mol. The van der Waals surface area contributed by atoms with Gasteiger partial charge in [0.25, 0.3) is 0 Å². The summed E-state index contributed by atoms with van der Waals surface area (Å²) >= 11 is 0. The van der Waals surface area contributed by atoms with Gasteiger partial charge in [-0.1, -0.05) is 0 Å². The molecule has 0 amide bonds. The van der Waals surface area contributed by atoms with Crippen molar-refractivity contribution < 1.29 is 0 Å². The number of aromatic nitrogens is 4. The first-order chi connectivity index (χ1) is 9.61. The molecule has 0 aliphatic heterocycles. The molecule has 0 saturated heterocycles. The Morgan fingerprint density at radius 2 is 2.00 bits per heavy atom. The molecule has 0 aliphatic carbocycles. The number of hydrogen-bond acceptors (Lipinski definition) is 6. The van der Waals surface area contributed by atoms with Crippen molar-refractivity contribution in [2.75, 3.05) is 51.0 Å². The molecule has 0 atom stereocenters. The van der Waals surface area contributed by atoms with Crippen LogP contribution in [-0.4, -0.2) is 65.8 Å². The summed E-state index contributed by atoms with van der Waals surface area (Å²) in [6, 6.07) is 0. The SMILES string of the molecule is CCNc1nc(N(C)CCCN(C)C)c2cn[nH]c2n1. The highest BCUT2D eigenvalue weighted by Gasteiger charge is 2.12. The molecule has 2 aromatic rings. The Hall–Kier alpha value is -1.89. The molecule has 0 aliphatic rings. The van der Waals surface area contributed by atoms with E-state index in [0.29, 0.717) is 5.95 Å². The van der Waals surface area contributed by atoms with Gasteiger partial charge in [-0.3, -0.25) is 5.10 Å². The molecule has 7 nitrogen and oxygen atoms in total. The smallest absolute Gasteiger partial charge is 0.226 e. The molecule has 0 unspecified atom stereocenters. The molecule has 2 rings (SSSR count). The number of nitrogens with zero attached hydrogens (tertiary/aromatic N) is 5. The number of nitrogens with one attached hydrogen (secondary N) is 2. The summed E-state index contributed by atoms with van der Waals surface area (Å²) < 4.78 is 0. The van der Waals surface area contributed by atoms with Crippen LogP contribution in [0.1, 0.15) is 13.3 Å². The zero-order chi connectivity index (χ0) is 14.5. The lowest BCUT2D eigenvalue weighted by atomic mass is 10.3.